The zero-order valence-electron chi connectivity index (χ0n) is 7.64. The first kappa shape index (κ1) is 8.98. The van der Waals surface area contributed by atoms with E-state index in [4.69, 9.17) is 9.47 Å². The number of rotatable bonds is 2. The predicted molar refractivity (Wildman–Crippen MR) is 49.3 cm³/mol. The number of cyclic esters (lactones) is 1. The van der Waals surface area contributed by atoms with Gasteiger partial charge in [0, 0.05) is 7.11 Å². The maximum atomic E-state index is 11.3. The minimum absolute atomic E-state index is 0.469. The van der Waals surface area contributed by atoms with E-state index in [-0.39, 0.29) is 0 Å². The molecule has 0 aromatic heterocycles. The first-order chi connectivity index (χ1) is 6.81. The van der Waals surface area contributed by atoms with Gasteiger partial charge in [0.25, 0.3) is 6.41 Å². The molecule has 0 saturated carbocycles. The Kier molecular flexibility index (Phi) is 2.34. The van der Waals surface area contributed by atoms with Gasteiger partial charge in [-0.2, -0.15) is 5.43 Å². The highest BCUT2D eigenvalue weighted by molar-refractivity contribution is 5.88. The number of para-hydroxylation sites is 1. The molecular weight excluding hydrogens is 184 g/mol. The van der Waals surface area contributed by atoms with Crippen LogP contribution in [0.15, 0.2) is 30.3 Å². The summed E-state index contributed by atoms with van der Waals surface area (Å²) in [7, 11) is 1.46. The van der Waals surface area contributed by atoms with Crippen molar-refractivity contribution < 1.29 is 14.3 Å². The number of hydrogen-bond donors (Lipinski definition) is 1. The molecule has 0 spiro atoms. The van der Waals surface area contributed by atoms with Crippen LogP contribution in [0.25, 0.3) is 0 Å². The van der Waals surface area contributed by atoms with Crippen molar-refractivity contribution in [3.8, 4) is 0 Å². The van der Waals surface area contributed by atoms with Gasteiger partial charge in [0.2, 0.25) is 0 Å². The number of carbonyl (C=O) groups is 1. The lowest BCUT2D eigenvalue weighted by atomic mass is 10.3. The van der Waals surface area contributed by atoms with Crippen LogP contribution in [-0.2, 0) is 9.47 Å². The Morgan fingerprint density at radius 3 is 2.71 bits per heavy atom. The molecule has 5 nitrogen and oxygen atoms in total. The number of nitrogens with zero attached hydrogens (tertiary/aromatic N) is 1. The summed E-state index contributed by atoms with van der Waals surface area (Å²) in [6, 6.07) is 9.14. The Bertz CT molecular complexity index is 328. The summed E-state index contributed by atoms with van der Waals surface area (Å²) in [5.74, 6) is 0. The lowest BCUT2D eigenvalue weighted by Crippen LogP contribution is -2.37. The van der Waals surface area contributed by atoms with E-state index >= 15 is 0 Å². The van der Waals surface area contributed by atoms with Gasteiger partial charge in [-0.1, -0.05) is 18.2 Å². The molecule has 1 saturated heterocycles. The normalized spacial score (nSPS) is 21.1. The van der Waals surface area contributed by atoms with E-state index in [0.29, 0.717) is 0 Å². The van der Waals surface area contributed by atoms with Gasteiger partial charge in [-0.15, -0.1) is 0 Å². The Morgan fingerprint density at radius 1 is 1.43 bits per heavy atom. The zero-order chi connectivity index (χ0) is 9.97. The van der Waals surface area contributed by atoms with Crippen LogP contribution < -0.4 is 10.4 Å². The van der Waals surface area contributed by atoms with Crippen molar-refractivity contribution in [2.45, 2.75) is 6.41 Å². The second-order valence-corrected chi connectivity index (χ2v) is 2.75. The Labute approximate surface area is 81.2 Å². The highest BCUT2D eigenvalue weighted by atomic mass is 16.7. The average molecular weight is 194 g/mol. The summed E-state index contributed by atoms with van der Waals surface area (Å²) in [5, 5.41) is 1.30. The number of benzene rings is 1. The van der Waals surface area contributed by atoms with Crippen molar-refractivity contribution in [3.05, 3.63) is 30.3 Å². The van der Waals surface area contributed by atoms with Gasteiger partial charge < -0.3 is 9.47 Å². The number of hydrogen-bond acceptors (Lipinski definition) is 4. The molecule has 0 radical (unpaired) electrons. The topological polar surface area (TPSA) is 50.8 Å². The maximum absolute atomic E-state index is 11.3. The van der Waals surface area contributed by atoms with Crippen LogP contribution >= 0.6 is 0 Å². The number of amides is 1. The molecular formula is C9H10N2O3. The van der Waals surface area contributed by atoms with Gasteiger partial charge in [0.1, 0.15) is 0 Å². The molecule has 0 bridgehead atoms. The van der Waals surface area contributed by atoms with Crippen LogP contribution in [0.2, 0.25) is 0 Å². The third-order valence-electron chi connectivity index (χ3n) is 1.85. The van der Waals surface area contributed by atoms with E-state index < -0.39 is 12.5 Å². The Morgan fingerprint density at radius 2 is 2.14 bits per heavy atom. The largest absolute Gasteiger partial charge is 0.432 e. The smallest absolute Gasteiger partial charge is 0.402 e. The molecule has 1 aliphatic rings. The van der Waals surface area contributed by atoms with Crippen molar-refractivity contribution in [1.29, 1.82) is 0 Å². The van der Waals surface area contributed by atoms with Crippen LogP contribution in [0.4, 0.5) is 10.5 Å². The molecule has 1 aromatic carbocycles. The molecule has 14 heavy (non-hydrogen) atoms. The summed E-state index contributed by atoms with van der Waals surface area (Å²) in [6.45, 7) is 0. The monoisotopic (exact) mass is 194 g/mol. The van der Waals surface area contributed by atoms with Crippen LogP contribution in [-0.4, -0.2) is 19.6 Å². The van der Waals surface area contributed by atoms with Gasteiger partial charge in [-0.05, 0) is 12.1 Å². The Hall–Kier alpha value is -1.59. The molecule has 1 amide bonds. The summed E-state index contributed by atoms with van der Waals surface area (Å²) in [4.78, 5) is 11.3. The third kappa shape index (κ3) is 1.55. The molecule has 74 valence electrons. The highest BCUT2D eigenvalue weighted by Crippen LogP contribution is 2.17. The molecule has 1 aliphatic heterocycles. The summed E-state index contributed by atoms with van der Waals surface area (Å²) < 4.78 is 9.67. The van der Waals surface area contributed by atoms with Gasteiger partial charge in [-0.25, -0.2) is 9.80 Å². The van der Waals surface area contributed by atoms with E-state index in [9.17, 15) is 4.79 Å². The van der Waals surface area contributed by atoms with Crippen molar-refractivity contribution in [2.24, 2.45) is 0 Å². The van der Waals surface area contributed by atoms with Gasteiger partial charge >= 0.3 is 6.09 Å². The molecule has 5 heteroatoms. The molecule has 1 aromatic rings. The summed E-state index contributed by atoms with van der Waals surface area (Å²) in [6.07, 6.45) is -1.18. The SMILES string of the molecule is COC1NN(c2ccccc2)C(=O)O1. The van der Waals surface area contributed by atoms with E-state index in [1.165, 1.54) is 12.1 Å². The molecule has 1 unspecified atom stereocenters. The second kappa shape index (κ2) is 3.65. The molecule has 1 atom stereocenters. The van der Waals surface area contributed by atoms with Crippen LogP contribution in [0, 0.1) is 0 Å². The number of nitrogens with one attached hydrogen (secondary N) is 1. The van der Waals surface area contributed by atoms with Crippen molar-refractivity contribution in [3.63, 3.8) is 0 Å². The fourth-order valence-corrected chi connectivity index (χ4v) is 1.19. The van der Waals surface area contributed by atoms with Crippen LogP contribution in [0.5, 0.6) is 0 Å². The quantitative estimate of drug-likeness (QED) is 0.765. The molecule has 1 fully saturated rings. The minimum Gasteiger partial charge on any atom is -0.402 e. The fraction of sp³-hybridized carbons (Fsp3) is 0.222. The molecule has 2 rings (SSSR count). The van der Waals surface area contributed by atoms with Gasteiger partial charge in [0.15, 0.2) is 0 Å². The molecule has 1 heterocycles. The van der Waals surface area contributed by atoms with E-state index in [0.717, 1.165) is 5.69 Å². The lowest BCUT2D eigenvalue weighted by Gasteiger charge is -2.12. The number of anilines is 1. The molecule has 1 N–H and O–H groups in total. The third-order valence-corrected chi connectivity index (χ3v) is 1.85. The first-order valence-electron chi connectivity index (χ1n) is 4.16. The number of carbonyl (C=O) groups excluding carboxylic acids is 1. The van der Waals surface area contributed by atoms with E-state index in [1.54, 1.807) is 12.1 Å². The van der Waals surface area contributed by atoms with Crippen molar-refractivity contribution in [1.82, 2.24) is 5.43 Å². The van der Waals surface area contributed by atoms with E-state index in [1.807, 2.05) is 18.2 Å². The van der Waals surface area contributed by atoms with Crippen molar-refractivity contribution in [2.75, 3.05) is 12.1 Å². The highest BCUT2D eigenvalue weighted by Gasteiger charge is 2.31. The van der Waals surface area contributed by atoms with Crippen molar-refractivity contribution >= 4 is 11.8 Å². The minimum atomic E-state index is -0.706. The standard InChI is InChI=1S/C9H10N2O3/c1-13-8-10-11(9(12)14-8)7-5-3-2-4-6-7/h2-6,8,10H,1H3. The Balaban J connectivity index is 2.17. The number of ether oxygens (including phenoxy) is 2. The fourth-order valence-electron chi connectivity index (χ4n) is 1.19. The van der Waals surface area contributed by atoms with Crippen LogP contribution in [0.3, 0.4) is 0 Å². The first-order valence-corrected chi connectivity index (χ1v) is 4.16. The predicted octanol–water partition coefficient (Wildman–Crippen LogP) is 1.08. The van der Waals surface area contributed by atoms with Gasteiger partial charge in [0.05, 0.1) is 5.69 Å². The van der Waals surface area contributed by atoms with Gasteiger partial charge in [-0.3, -0.25) is 0 Å². The lowest BCUT2D eigenvalue weighted by molar-refractivity contribution is -0.0722. The number of hydrazine groups is 1. The number of methoxy groups -OCH3 is 1. The summed E-state index contributed by atoms with van der Waals surface area (Å²) in [5.41, 5.74) is 3.47. The van der Waals surface area contributed by atoms with E-state index in [2.05, 4.69) is 5.43 Å². The van der Waals surface area contributed by atoms with Crippen LogP contribution in [0.1, 0.15) is 0 Å². The second-order valence-electron chi connectivity index (χ2n) is 2.75. The maximum Gasteiger partial charge on any atom is 0.432 e. The summed E-state index contributed by atoms with van der Waals surface area (Å²) >= 11 is 0. The average Bonchev–Trinajstić information content (AvgIpc) is 2.61. The zero-order valence-corrected chi connectivity index (χ0v) is 7.64. The molecule has 0 aliphatic carbocycles.